The fourth-order valence-corrected chi connectivity index (χ4v) is 0. The molecule has 0 saturated heterocycles. The third-order valence-electron chi connectivity index (χ3n) is 0. The van der Waals surface area contributed by atoms with Gasteiger partial charge in [0, 0.05) is 248 Å². The Labute approximate surface area is 461 Å². The topological polar surface area (TPSA) is 1180 Å². The molecule has 0 aliphatic rings. The summed E-state index contributed by atoms with van der Waals surface area (Å²) in [6.07, 6.45) is 0. The molecule has 0 unspecified atom stereocenters. The van der Waals surface area contributed by atoms with Gasteiger partial charge < -0.3 is 192 Å². The molecule has 388 valence electrons. The first-order chi connectivity index (χ1) is 2.00. The van der Waals surface area contributed by atoms with Crippen molar-refractivity contribution in [1.82, 2.24) is 0 Å². The normalized spacial score (nSPS) is 1.15. The van der Waals surface area contributed by atoms with Gasteiger partial charge in [0.15, 0.2) is 0 Å². The summed E-state index contributed by atoms with van der Waals surface area (Å²) in [5, 5.41) is 0. The van der Waals surface area contributed by atoms with Crippen molar-refractivity contribution in [2.45, 2.75) is 0 Å². The van der Waals surface area contributed by atoms with Crippen LogP contribution in [-0.2, 0) is 248 Å². The maximum atomic E-state index is 7.30. The van der Waals surface area contributed by atoms with Crippen molar-refractivity contribution < 1.29 is 459 Å². The number of hydrogen-bond donors (Lipinski definition) is 4. The van der Waals surface area contributed by atoms with E-state index in [9.17, 15) is 0 Å². The molecule has 0 rings (SSSR count). The molecular formula is H74NiO39PW11+. The summed E-state index contributed by atoms with van der Waals surface area (Å²) in [6.45, 7) is 0. The van der Waals surface area contributed by atoms with E-state index in [1.807, 2.05) is 0 Å². The molecule has 74 N–H and O–H groups in total. The van der Waals surface area contributed by atoms with Crippen molar-refractivity contribution >= 4 is 8.17 Å². The molecule has 0 aromatic heterocycles. The van der Waals surface area contributed by atoms with Crippen LogP contribution in [0.1, 0.15) is 0 Å². The zero-order valence-corrected chi connectivity index (χ0v) is 58.7. The van der Waals surface area contributed by atoms with Crippen molar-refractivity contribution in [3.05, 3.63) is 0 Å². The Morgan fingerprint density at radius 3 is 0.135 bits per heavy atom. The van der Waals surface area contributed by atoms with E-state index >= 15 is 0 Å². The molecule has 0 aliphatic carbocycles. The van der Waals surface area contributed by atoms with Crippen molar-refractivity contribution in [3.63, 3.8) is 0 Å². The van der Waals surface area contributed by atoms with Crippen LogP contribution in [0.2, 0.25) is 0 Å². The predicted molar refractivity (Wildman–Crippen MR) is 142 cm³/mol. The van der Waals surface area contributed by atoms with Crippen LogP contribution in [0.4, 0.5) is 0 Å². The maximum absolute atomic E-state index is 7.30. The summed E-state index contributed by atoms with van der Waals surface area (Å²) < 4.78 is 0. The van der Waals surface area contributed by atoms with E-state index in [1.54, 1.807) is 0 Å². The fourth-order valence-electron chi connectivity index (χ4n) is 0. The second-order valence-corrected chi connectivity index (χ2v) is 1.61. The first-order valence-electron chi connectivity index (χ1n) is 0.800. The second-order valence-electron chi connectivity index (χ2n) is 0.537. The molecule has 0 amide bonds. The van der Waals surface area contributed by atoms with Gasteiger partial charge in [0.1, 0.15) is 0 Å². The van der Waals surface area contributed by atoms with Gasteiger partial charge in [0.25, 0.3) is 0 Å². The van der Waals surface area contributed by atoms with E-state index in [4.69, 9.17) is 19.6 Å². The molecule has 39 nitrogen and oxygen atoms in total. The van der Waals surface area contributed by atoms with Crippen LogP contribution in [0.15, 0.2) is 0 Å². The molecule has 0 bridgehead atoms. The molecular weight excluding hydrogens is 2740 g/mol. The van der Waals surface area contributed by atoms with Gasteiger partial charge in [-0.25, -0.2) is 0 Å². The molecule has 0 spiro atoms. The summed E-state index contributed by atoms with van der Waals surface area (Å²) >= 11 is 0. The van der Waals surface area contributed by atoms with Crippen molar-refractivity contribution in [2.75, 3.05) is 0 Å². The quantitative estimate of drug-likeness (QED) is 0.136. The van der Waals surface area contributed by atoms with E-state index in [-0.39, 0.29) is 440 Å². The minimum Gasteiger partial charge on any atom is -0.412 e. The third kappa shape index (κ3) is 3700. The standard InChI is InChI=1S/Ni.H4O4P.35H2O.11W/c;1-5(2,3)4;;;;;;;;;;;;;;;;;;;;;;;;;;;;;;;;;;;;;;;;;;;;;;/h;1-4H;35*1H2;;;;;;;;;;;/q;+1;;;;;;;;;;;;;;;;;;;;;;;;;;;;;;;;;;;;;;;;;;;;;;. The molecule has 0 heterocycles. The zero-order chi connectivity index (χ0) is 4.50. The Kier molecular flexibility index (Phi) is 35700. The molecule has 0 aromatic rings. The Hall–Kier alpha value is 6.93. The molecule has 52 heavy (non-hydrogen) atoms. The van der Waals surface area contributed by atoms with Crippen LogP contribution in [0.5, 0.6) is 0 Å². The number of hydrogen-bond acceptors (Lipinski definition) is 4. The zero-order valence-electron chi connectivity index (χ0n) is 24.5. The first-order valence-corrected chi connectivity index (χ1v) is 2.40. The van der Waals surface area contributed by atoms with Gasteiger partial charge in [-0.1, -0.05) is 0 Å². The monoisotopic (exact) mass is 2810 g/mol. The minimum absolute atomic E-state index is 0. The smallest absolute Gasteiger partial charge is 0.412 e. The van der Waals surface area contributed by atoms with Crippen LogP contribution in [0.3, 0.4) is 0 Å². The first kappa shape index (κ1) is 1650. The number of rotatable bonds is 0. The van der Waals surface area contributed by atoms with Gasteiger partial charge in [-0.15, -0.1) is 0 Å². The van der Waals surface area contributed by atoms with Crippen LogP contribution in [-0.4, -0.2) is 211 Å². The second kappa shape index (κ2) is 1120. The molecule has 52 heteroatoms. The van der Waals surface area contributed by atoms with Gasteiger partial charge in [0.05, 0.1) is 0 Å². The van der Waals surface area contributed by atoms with Crippen LogP contribution < -0.4 is 0 Å². The minimum atomic E-state index is -4.39. The summed E-state index contributed by atoms with van der Waals surface area (Å²) in [5.41, 5.74) is 0. The summed E-state index contributed by atoms with van der Waals surface area (Å²) in [4.78, 5) is 29.2. The van der Waals surface area contributed by atoms with Crippen molar-refractivity contribution in [2.24, 2.45) is 0 Å². The Morgan fingerprint density at radius 1 is 0.135 bits per heavy atom. The largest absolute Gasteiger partial charge is 0.564 e. The summed E-state index contributed by atoms with van der Waals surface area (Å²) in [5.74, 6) is 0. The van der Waals surface area contributed by atoms with Crippen LogP contribution >= 0.6 is 8.17 Å². The summed E-state index contributed by atoms with van der Waals surface area (Å²) in [7, 11) is -4.39. The van der Waals surface area contributed by atoms with Gasteiger partial charge in [-0.2, -0.15) is 19.6 Å². The van der Waals surface area contributed by atoms with Gasteiger partial charge >= 0.3 is 8.17 Å². The van der Waals surface area contributed by atoms with E-state index < -0.39 is 8.17 Å². The average molecular weight is 2810 g/mol. The summed E-state index contributed by atoms with van der Waals surface area (Å²) in [6, 6.07) is 0. The van der Waals surface area contributed by atoms with Gasteiger partial charge in [-0.05, 0) is 0 Å². The van der Waals surface area contributed by atoms with Crippen LogP contribution in [0.25, 0.3) is 0 Å². The predicted octanol–water partition coefficient (Wildman–Crippen LogP) is -30.3. The van der Waals surface area contributed by atoms with E-state index in [0.717, 1.165) is 0 Å². The van der Waals surface area contributed by atoms with E-state index in [1.165, 1.54) is 0 Å². The SMILES string of the molecule is O.O.O.O.O.O.O.O.O.O.O.O.O.O.O.O.O.O.O.O.O.O.O.O.O.O.O.O.O.O.O.O.O.O.O.O[P+](O)(O)O.[Ni].[W].[W].[W].[W].[W].[W].[W].[W].[W].[W].[W]. The third-order valence-corrected chi connectivity index (χ3v) is 0. The van der Waals surface area contributed by atoms with Crippen LogP contribution in [0, 0.1) is 0 Å². The molecule has 0 aromatic carbocycles. The fraction of sp³-hybridized carbons (Fsp3) is 0. The Morgan fingerprint density at radius 2 is 0.135 bits per heavy atom. The Balaban J connectivity index is -0.0000000000740. The molecule has 0 aliphatic heterocycles. The molecule has 0 fully saturated rings. The van der Waals surface area contributed by atoms with E-state index in [2.05, 4.69) is 0 Å². The molecule has 0 atom stereocenters. The maximum Gasteiger partial charge on any atom is 0.564 e. The van der Waals surface area contributed by atoms with Crippen molar-refractivity contribution in [1.29, 1.82) is 0 Å². The Bertz CT molecular complexity index is 67.7. The average Bonchev–Trinajstić information content (AvgIpc) is 0.722. The van der Waals surface area contributed by atoms with Gasteiger partial charge in [-0.3, -0.25) is 0 Å². The van der Waals surface area contributed by atoms with Gasteiger partial charge in [0.2, 0.25) is 0 Å². The molecule has 0 radical (unpaired) electrons. The molecule has 0 saturated carbocycles. The van der Waals surface area contributed by atoms with E-state index in [0.29, 0.717) is 0 Å². The van der Waals surface area contributed by atoms with Crippen molar-refractivity contribution in [3.8, 4) is 0 Å².